The molecule has 0 amide bonds. The molecular formula is C24H10F34O4. The molecule has 0 unspecified atom stereocenters. The molecule has 0 saturated carbocycles. The maximum Gasteiger partial charge on any atom is 0.460 e. The van der Waals surface area contributed by atoms with Gasteiger partial charge in [-0.05, 0) is 0 Å². The van der Waals surface area contributed by atoms with Gasteiger partial charge < -0.3 is 9.47 Å². The number of halogens is 34. The molecule has 0 rings (SSSR count). The van der Waals surface area contributed by atoms with Crippen LogP contribution >= 0.6 is 0 Å². The Kier molecular flexibility index (Phi) is 15.1. The van der Waals surface area contributed by atoms with Crippen LogP contribution in [-0.4, -0.2) is 120 Å². The van der Waals surface area contributed by atoms with Gasteiger partial charge >= 0.3 is 107 Å². The molecule has 0 radical (unpaired) electrons. The highest BCUT2D eigenvalue weighted by Gasteiger charge is 2.97. The summed E-state index contributed by atoms with van der Waals surface area (Å²) < 4.78 is 457. The maximum atomic E-state index is 13.8. The maximum absolute atomic E-state index is 13.8. The van der Waals surface area contributed by atoms with Crippen LogP contribution in [0.1, 0.15) is 12.8 Å². The van der Waals surface area contributed by atoms with E-state index in [1.807, 2.05) is 0 Å². The van der Waals surface area contributed by atoms with E-state index >= 15 is 0 Å². The smallest absolute Gasteiger partial charge is 0.460 e. The molecule has 0 aromatic heterocycles. The number of hydrogen-bond acceptors (Lipinski definition) is 4. The molecule has 0 aliphatic heterocycles. The molecule has 0 spiro atoms. The average molecular weight is 1010 g/mol. The molecule has 0 aliphatic rings. The van der Waals surface area contributed by atoms with Crippen LogP contribution in [0.4, 0.5) is 149 Å². The van der Waals surface area contributed by atoms with Crippen molar-refractivity contribution in [2.24, 2.45) is 0 Å². The zero-order chi connectivity index (χ0) is 50.8. The standard InChI is InChI=1S/C24H10F34O4/c25-9(26,11(29,30)13(33,34)15(37,38)17(41,42)19(45,46)21(49,50)23(53,54)55)3-5-61-7(59)1-2-8(60)62-6-4-10(27,28)12(31,32)14(35,36)16(39,40)18(43,44)20(47,48)22(51,52)24(56,57)58/h1-2H,3-6H2/b2-1+. The summed E-state index contributed by atoms with van der Waals surface area (Å²) in [7, 11) is 0. The van der Waals surface area contributed by atoms with Crippen LogP contribution in [-0.2, 0) is 19.1 Å². The van der Waals surface area contributed by atoms with Crippen molar-refractivity contribution in [3.8, 4) is 0 Å². The first-order chi connectivity index (χ1) is 26.5. The number of esters is 2. The summed E-state index contributed by atoms with van der Waals surface area (Å²) in [5.74, 6) is -124. The normalized spacial score (nSPS) is 16.2. The van der Waals surface area contributed by atoms with Gasteiger partial charge in [-0.1, -0.05) is 0 Å². The third kappa shape index (κ3) is 8.62. The number of rotatable bonds is 20. The van der Waals surface area contributed by atoms with E-state index < -0.39 is 145 Å². The lowest BCUT2D eigenvalue weighted by atomic mass is 9.88. The van der Waals surface area contributed by atoms with Crippen molar-refractivity contribution in [3.63, 3.8) is 0 Å². The van der Waals surface area contributed by atoms with Gasteiger partial charge in [0, 0.05) is 12.2 Å². The van der Waals surface area contributed by atoms with Gasteiger partial charge in [-0.3, -0.25) is 0 Å². The second-order valence-electron chi connectivity index (χ2n) is 11.5. The van der Waals surface area contributed by atoms with Crippen LogP contribution in [0.5, 0.6) is 0 Å². The summed E-state index contributed by atoms with van der Waals surface area (Å²) in [6, 6.07) is 0. The lowest BCUT2D eigenvalue weighted by Crippen LogP contribution is -2.74. The topological polar surface area (TPSA) is 52.6 Å². The molecule has 4 nitrogen and oxygen atoms in total. The largest absolute Gasteiger partial charge is 0.462 e. The Morgan fingerprint density at radius 3 is 0.613 bits per heavy atom. The van der Waals surface area contributed by atoms with Gasteiger partial charge in [0.2, 0.25) is 0 Å². The Morgan fingerprint density at radius 2 is 0.435 bits per heavy atom. The molecule has 0 saturated heterocycles. The van der Waals surface area contributed by atoms with Gasteiger partial charge in [0.25, 0.3) is 0 Å². The van der Waals surface area contributed by atoms with Crippen molar-refractivity contribution in [3.05, 3.63) is 12.2 Å². The highest BCUT2D eigenvalue weighted by molar-refractivity contribution is 5.91. The molecule has 0 N–H and O–H groups in total. The summed E-state index contributed by atoms with van der Waals surface area (Å²) in [6.07, 6.45) is -24.2. The SMILES string of the molecule is O=C(/C=C/C(=O)OCCC(F)(F)C(F)(F)C(F)(F)C(F)(F)C(F)(F)C(F)(F)C(F)(F)C(F)(F)F)OCCC(F)(F)C(F)(F)C(F)(F)C(F)(F)C(F)(F)C(F)(F)C(F)(F)C(F)(F)F. The summed E-state index contributed by atoms with van der Waals surface area (Å²) in [6.45, 7) is -5.31. The Balaban J connectivity index is 5.95. The van der Waals surface area contributed by atoms with Gasteiger partial charge in [-0.2, -0.15) is 149 Å². The van der Waals surface area contributed by atoms with Crippen molar-refractivity contribution in [1.82, 2.24) is 0 Å². The minimum Gasteiger partial charge on any atom is -0.462 e. The quantitative estimate of drug-likeness (QED) is 0.0693. The molecule has 0 aromatic carbocycles. The fourth-order valence-corrected chi connectivity index (χ4v) is 3.50. The highest BCUT2D eigenvalue weighted by Crippen LogP contribution is 2.66. The minimum atomic E-state index is -8.99. The highest BCUT2D eigenvalue weighted by atomic mass is 19.4. The molecule has 368 valence electrons. The first kappa shape index (κ1) is 58.3. The Morgan fingerprint density at radius 1 is 0.274 bits per heavy atom. The van der Waals surface area contributed by atoms with Gasteiger partial charge in [-0.25, -0.2) is 9.59 Å². The van der Waals surface area contributed by atoms with E-state index in [0.29, 0.717) is 0 Å². The number of hydrogen-bond donors (Lipinski definition) is 0. The Hall–Kier alpha value is -3.70. The van der Waals surface area contributed by atoms with Crippen molar-refractivity contribution >= 4 is 11.9 Å². The second kappa shape index (κ2) is 16.1. The van der Waals surface area contributed by atoms with Crippen LogP contribution in [0.15, 0.2) is 12.2 Å². The Labute approximate surface area is 315 Å². The van der Waals surface area contributed by atoms with Crippen molar-refractivity contribution < 1.29 is 168 Å². The van der Waals surface area contributed by atoms with Crippen LogP contribution < -0.4 is 0 Å². The summed E-state index contributed by atoms with van der Waals surface area (Å²) in [5.41, 5.74) is 0. The van der Waals surface area contributed by atoms with Crippen molar-refractivity contribution in [2.45, 2.75) is 108 Å². The molecule has 0 aromatic rings. The van der Waals surface area contributed by atoms with E-state index in [1.165, 1.54) is 0 Å². The van der Waals surface area contributed by atoms with Crippen LogP contribution in [0, 0.1) is 0 Å². The predicted octanol–water partition coefficient (Wildman–Crippen LogP) is 11.4. The molecule has 0 fully saturated rings. The first-order valence-corrected chi connectivity index (χ1v) is 13.9. The second-order valence-corrected chi connectivity index (χ2v) is 11.5. The lowest BCUT2D eigenvalue weighted by molar-refractivity contribution is -0.461. The fourth-order valence-electron chi connectivity index (χ4n) is 3.50. The van der Waals surface area contributed by atoms with E-state index in [-0.39, 0.29) is 0 Å². The fraction of sp³-hybridized carbons (Fsp3) is 0.833. The third-order valence-corrected chi connectivity index (χ3v) is 7.25. The van der Waals surface area contributed by atoms with Crippen molar-refractivity contribution in [2.75, 3.05) is 13.2 Å². The van der Waals surface area contributed by atoms with E-state index in [0.717, 1.165) is 0 Å². The van der Waals surface area contributed by atoms with E-state index in [2.05, 4.69) is 9.47 Å². The molecular weight excluding hydrogens is 998 g/mol. The predicted molar refractivity (Wildman–Crippen MR) is 122 cm³/mol. The molecule has 0 bridgehead atoms. The monoisotopic (exact) mass is 1010 g/mol. The minimum absolute atomic E-state index is 0.675. The summed E-state index contributed by atoms with van der Waals surface area (Å²) in [5, 5.41) is 0. The van der Waals surface area contributed by atoms with E-state index in [9.17, 15) is 159 Å². The third-order valence-electron chi connectivity index (χ3n) is 7.25. The van der Waals surface area contributed by atoms with Gasteiger partial charge in [-0.15, -0.1) is 0 Å². The molecule has 38 heteroatoms. The summed E-state index contributed by atoms with van der Waals surface area (Å²) >= 11 is 0. The molecule has 0 aliphatic carbocycles. The van der Waals surface area contributed by atoms with E-state index in [1.54, 1.807) is 0 Å². The van der Waals surface area contributed by atoms with Crippen LogP contribution in [0.2, 0.25) is 0 Å². The lowest BCUT2D eigenvalue weighted by Gasteiger charge is -2.42. The van der Waals surface area contributed by atoms with Gasteiger partial charge in [0.05, 0.1) is 26.1 Å². The Bertz CT molecular complexity index is 1510. The number of alkyl halides is 34. The van der Waals surface area contributed by atoms with Gasteiger partial charge in [0.15, 0.2) is 0 Å². The number of ether oxygens (including phenoxy) is 2. The van der Waals surface area contributed by atoms with Crippen LogP contribution in [0.25, 0.3) is 0 Å². The zero-order valence-electron chi connectivity index (χ0n) is 27.5. The molecule has 62 heavy (non-hydrogen) atoms. The zero-order valence-corrected chi connectivity index (χ0v) is 27.5. The number of carbonyl (C=O) groups is 2. The average Bonchev–Trinajstić information content (AvgIpc) is 3.04. The van der Waals surface area contributed by atoms with E-state index in [4.69, 9.17) is 0 Å². The van der Waals surface area contributed by atoms with Crippen molar-refractivity contribution in [1.29, 1.82) is 0 Å². The van der Waals surface area contributed by atoms with Crippen LogP contribution in [0.3, 0.4) is 0 Å². The van der Waals surface area contributed by atoms with Gasteiger partial charge in [0.1, 0.15) is 0 Å². The molecule has 0 heterocycles. The first-order valence-electron chi connectivity index (χ1n) is 13.9. The molecule has 0 atom stereocenters. The summed E-state index contributed by atoms with van der Waals surface area (Å²) in [4.78, 5) is 22.7. The number of carbonyl (C=O) groups excluding carboxylic acids is 2.